The number of anilines is 1. The van der Waals surface area contributed by atoms with E-state index in [1.165, 1.54) is 0 Å². The van der Waals surface area contributed by atoms with Gasteiger partial charge in [0.05, 0.1) is 47.6 Å². The molecule has 3 aromatic rings. The van der Waals surface area contributed by atoms with Gasteiger partial charge in [0.25, 0.3) is 0 Å². The van der Waals surface area contributed by atoms with Crippen LogP contribution in [0.3, 0.4) is 0 Å². The van der Waals surface area contributed by atoms with Gasteiger partial charge in [0, 0.05) is 25.8 Å². The lowest BCUT2D eigenvalue weighted by Crippen LogP contribution is -2.47. The van der Waals surface area contributed by atoms with E-state index in [4.69, 9.17) is 15.0 Å². The molecule has 2 aliphatic rings. The maximum atomic E-state index is 8.99. The summed E-state index contributed by atoms with van der Waals surface area (Å²) < 4.78 is 8.14. The molecule has 7 nitrogen and oxygen atoms in total. The van der Waals surface area contributed by atoms with Crippen LogP contribution in [0.2, 0.25) is 0 Å². The van der Waals surface area contributed by atoms with Crippen molar-refractivity contribution in [2.75, 3.05) is 31.1 Å². The topological polar surface area (TPSA) is 79.0 Å². The van der Waals surface area contributed by atoms with Gasteiger partial charge in [-0.3, -0.25) is 4.98 Å². The Morgan fingerprint density at radius 3 is 2.96 bits per heavy atom. The van der Waals surface area contributed by atoms with E-state index in [0.717, 1.165) is 48.9 Å². The number of aromatic nitrogens is 3. The van der Waals surface area contributed by atoms with Crippen molar-refractivity contribution in [1.29, 1.82) is 5.26 Å². The van der Waals surface area contributed by atoms with Gasteiger partial charge in [-0.15, -0.1) is 0 Å². The molecule has 7 heteroatoms. The number of nitriles is 1. The van der Waals surface area contributed by atoms with Crippen LogP contribution < -0.4 is 10.2 Å². The molecule has 1 aromatic carbocycles. The summed E-state index contributed by atoms with van der Waals surface area (Å²) in [5.74, 6) is 0.946. The number of nitrogens with one attached hydrogen (secondary N) is 1. The number of benzene rings is 1. The lowest BCUT2D eigenvalue weighted by molar-refractivity contribution is 0.0212. The van der Waals surface area contributed by atoms with Crippen molar-refractivity contribution < 1.29 is 4.74 Å². The third-order valence-corrected chi connectivity index (χ3v) is 5.30. The number of rotatable bonds is 3. The fourth-order valence-corrected chi connectivity index (χ4v) is 3.96. The third-order valence-electron chi connectivity index (χ3n) is 5.30. The van der Waals surface area contributed by atoms with Gasteiger partial charge in [0.2, 0.25) is 5.95 Å². The Labute approximate surface area is 157 Å². The molecule has 2 aromatic heterocycles. The SMILES string of the molecule is N#Cc1ccc(Cn2c(N3C[C@@H]4OCCN[C@@H]4C3)nc3ccccc32)nc1. The molecule has 1 N–H and O–H groups in total. The summed E-state index contributed by atoms with van der Waals surface area (Å²) in [5.41, 5.74) is 3.54. The zero-order chi connectivity index (χ0) is 18.2. The predicted octanol–water partition coefficient (Wildman–Crippen LogP) is 1.53. The molecule has 136 valence electrons. The highest BCUT2D eigenvalue weighted by Gasteiger charge is 2.37. The van der Waals surface area contributed by atoms with Gasteiger partial charge in [0.1, 0.15) is 6.07 Å². The van der Waals surface area contributed by atoms with Crippen molar-refractivity contribution in [2.24, 2.45) is 0 Å². The van der Waals surface area contributed by atoms with E-state index in [2.05, 4.69) is 31.9 Å². The smallest absolute Gasteiger partial charge is 0.207 e. The summed E-state index contributed by atoms with van der Waals surface area (Å²) in [7, 11) is 0. The van der Waals surface area contributed by atoms with Crippen LogP contribution in [0.1, 0.15) is 11.3 Å². The van der Waals surface area contributed by atoms with Crippen LogP contribution in [-0.4, -0.2) is 52.9 Å². The molecule has 0 aliphatic carbocycles. The largest absolute Gasteiger partial charge is 0.373 e. The number of fused-ring (bicyclic) bond motifs is 2. The monoisotopic (exact) mass is 360 g/mol. The predicted molar refractivity (Wildman–Crippen MR) is 102 cm³/mol. The molecule has 0 saturated carbocycles. The average Bonchev–Trinajstić information content (AvgIpc) is 3.30. The van der Waals surface area contributed by atoms with E-state index in [1.807, 2.05) is 30.3 Å². The minimum absolute atomic E-state index is 0.208. The summed E-state index contributed by atoms with van der Waals surface area (Å²) in [4.78, 5) is 11.7. The van der Waals surface area contributed by atoms with Crippen LogP contribution in [0.5, 0.6) is 0 Å². The molecule has 0 unspecified atom stereocenters. The number of hydrogen-bond acceptors (Lipinski definition) is 6. The molecule has 27 heavy (non-hydrogen) atoms. The van der Waals surface area contributed by atoms with Gasteiger partial charge in [0.15, 0.2) is 0 Å². The lowest BCUT2D eigenvalue weighted by atomic mass is 10.2. The highest BCUT2D eigenvalue weighted by Crippen LogP contribution is 2.28. The molecule has 5 rings (SSSR count). The van der Waals surface area contributed by atoms with Crippen LogP contribution in [0.25, 0.3) is 11.0 Å². The number of hydrogen-bond donors (Lipinski definition) is 1. The Balaban J connectivity index is 1.52. The maximum absolute atomic E-state index is 8.99. The van der Waals surface area contributed by atoms with Crippen molar-refractivity contribution in [2.45, 2.75) is 18.7 Å². The fourth-order valence-electron chi connectivity index (χ4n) is 3.96. The Kier molecular flexibility index (Phi) is 4.00. The molecule has 0 radical (unpaired) electrons. The van der Waals surface area contributed by atoms with Crippen LogP contribution in [0.15, 0.2) is 42.6 Å². The van der Waals surface area contributed by atoms with E-state index in [9.17, 15) is 0 Å². The van der Waals surface area contributed by atoms with Crippen molar-refractivity contribution in [1.82, 2.24) is 19.9 Å². The van der Waals surface area contributed by atoms with Gasteiger partial charge < -0.3 is 19.5 Å². The first-order valence-electron chi connectivity index (χ1n) is 9.22. The normalized spacial score (nSPS) is 22.0. The summed E-state index contributed by atoms with van der Waals surface area (Å²) in [6, 6.07) is 14.4. The summed E-state index contributed by atoms with van der Waals surface area (Å²) in [5, 5.41) is 12.5. The minimum atomic E-state index is 0.208. The van der Waals surface area contributed by atoms with Crippen LogP contribution in [0, 0.1) is 11.3 Å². The van der Waals surface area contributed by atoms with Crippen molar-refractivity contribution in [3.63, 3.8) is 0 Å². The Morgan fingerprint density at radius 1 is 1.22 bits per heavy atom. The van der Waals surface area contributed by atoms with E-state index < -0.39 is 0 Å². The average molecular weight is 360 g/mol. The van der Waals surface area contributed by atoms with Crippen LogP contribution in [0.4, 0.5) is 5.95 Å². The van der Waals surface area contributed by atoms with E-state index in [1.54, 1.807) is 6.20 Å². The molecule has 0 spiro atoms. The molecule has 2 atom stereocenters. The van der Waals surface area contributed by atoms with Gasteiger partial charge in [-0.1, -0.05) is 12.1 Å². The highest BCUT2D eigenvalue weighted by atomic mass is 16.5. The number of nitrogens with zero attached hydrogens (tertiary/aromatic N) is 5. The first kappa shape index (κ1) is 16.2. The molecule has 0 bridgehead atoms. The molecule has 4 heterocycles. The second kappa shape index (κ2) is 6.65. The van der Waals surface area contributed by atoms with Gasteiger partial charge in [-0.2, -0.15) is 5.26 Å². The fraction of sp³-hybridized carbons (Fsp3) is 0.350. The molecule has 0 amide bonds. The minimum Gasteiger partial charge on any atom is -0.373 e. The Morgan fingerprint density at radius 2 is 2.15 bits per heavy atom. The van der Waals surface area contributed by atoms with Crippen molar-refractivity contribution in [3.8, 4) is 6.07 Å². The zero-order valence-electron chi connectivity index (χ0n) is 14.9. The van der Waals surface area contributed by atoms with Gasteiger partial charge >= 0.3 is 0 Å². The number of morpholine rings is 1. The van der Waals surface area contributed by atoms with E-state index in [0.29, 0.717) is 18.2 Å². The second-order valence-electron chi connectivity index (χ2n) is 7.01. The number of pyridine rings is 1. The quantitative estimate of drug-likeness (QED) is 0.763. The third kappa shape index (κ3) is 2.93. The Bertz CT molecular complexity index is 991. The van der Waals surface area contributed by atoms with E-state index >= 15 is 0 Å². The van der Waals surface area contributed by atoms with Crippen LogP contribution >= 0.6 is 0 Å². The molecule has 2 fully saturated rings. The van der Waals surface area contributed by atoms with E-state index in [-0.39, 0.29) is 6.10 Å². The molecular weight excluding hydrogens is 340 g/mol. The van der Waals surface area contributed by atoms with Crippen LogP contribution in [-0.2, 0) is 11.3 Å². The Hall–Kier alpha value is -2.95. The maximum Gasteiger partial charge on any atom is 0.207 e. The first-order chi connectivity index (χ1) is 13.3. The molecule has 2 aliphatic heterocycles. The standard InChI is InChI=1S/C20H20N6O/c21-9-14-5-6-15(23-10-14)11-26-18-4-2-1-3-16(18)24-20(26)25-12-17-19(13-25)27-8-7-22-17/h1-6,10,17,19,22H,7-8,11-13H2/t17-,19+/m1/s1. The molecule has 2 saturated heterocycles. The summed E-state index contributed by atoms with van der Waals surface area (Å²) >= 11 is 0. The molecular formula is C20H20N6O. The summed E-state index contributed by atoms with van der Waals surface area (Å²) in [6.45, 7) is 4.00. The summed E-state index contributed by atoms with van der Waals surface area (Å²) in [6.07, 6.45) is 1.83. The van der Waals surface area contributed by atoms with Gasteiger partial charge in [-0.25, -0.2) is 4.98 Å². The number of para-hydroxylation sites is 2. The lowest BCUT2D eigenvalue weighted by Gasteiger charge is -2.25. The number of imidazole rings is 1. The van der Waals surface area contributed by atoms with Crippen molar-refractivity contribution in [3.05, 3.63) is 53.9 Å². The van der Waals surface area contributed by atoms with Gasteiger partial charge in [-0.05, 0) is 24.3 Å². The second-order valence-corrected chi connectivity index (χ2v) is 7.01. The zero-order valence-corrected chi connectivity index (χ0v) is 14.9. The number of ether oxygens (including phenoxy) is 1. The first-order valence-corrected chi connectivity index (χ1v) is 9.22. The highest BCUT2D eigenvalue weighted by molar-refractivity contribution is 5.79. The van der Waals surface area contributed by atoms with Crippen molar-refractivity contribution >= 4 is 17.0 Å².